The molecule has 0 aliphatic carbocycles. The zero-order valence-electron chi connectivity index (χ0n) is 17.2. The fraction of sp³-hybridized carbons (Fsp3) is 0. The number of hydrogen-bond acceptors (Lipinski definition) is 4. The van der Waals surface area contributed by atoms with Crippen LogP contribution < -0.4 is 0 Å². The molecule has 0 saturated carbocycles. The van der Waals surface area contributed by atoms with Gasteiger partial charge in [0.15, 0.2) is 17.5 Å². The molecule has 3 nitrogen and oxygen atoms in total. The lowest BCUT2D eigenvalue weighted by atomic mass is 10.1. The van der Waals surface area contributed by atoms with Crippen molar-refractivity contribution < 1.29 is 0 Å². The number of benzene rings is 4. The van der Waals surface area contributed by atoms with Crippen molar-refractivity contribution in [2.24, 2.45) is 0 Å². The van der Waals surface area contributed by atoms with Crippen molar-refractivity contribution >= 4 is 59.0 Å². The third kappa shape index (κ3) is 3.82. The highest BCUT2D eigenvalue weighted by Crippen LogP contribution is 2.40. The van der Waals surface area contributed by atoms with Gasteiger partial charge in [0.25, 0.3) is 0 Å². The van der Waals surface area contributed by atoms with Gasteiger partial charge in [-0.2, -0.15) is 0 Å². The summed E-state index contributed by atoms with van der Waals surface area (Å²) in [4.78, 5) is 14.6. The van der Waals surface area contributed by atoms with Gasteiger partial charge in [0.1, 0.15) is 0 Å². The second kappa shape index (κ2) is 8.34. The van der Waals surface area contributed by atoms with E-state index in [1.54, 1.807) is 11.3 Å². The van der Waals surface area contributed by atoms with Crippen molar-refractivity contribution in [1.29, 1.82) is 0 Å². The molecule has 0 saturated heterocycles. The van der Waals surface area contributed by atoms with Crippen molar-refractivity contribution in [3.63, 3.8) is 0 Å². The lowest BCUT2D eigenvalue weighted by Crippen LogP contribution is -2.00. The Morgan fingerprint density at radius 3 is 2.09 bits per heavy atom. The van der Waals surface area contributed by atoms with E-state index in [0.29, 0.717) is 17.5 Å². The van der Waals surface area contributed by atoms with E-state index < -0.39 is 0 Å². The maximum atomic E-state index is 6.26. The maximum absolute atomic E-state index is 6.26. The summed E-state index contributed by atoms with van der Waals surface area (Å²) in [5.41, 5.74) is 2.88. The summed E-state index contributed by atoms with van der Waals surface area (Å²) in [5, 5.41) is 3.10. The van der Waals surface area contributed by atoms with Crippen LogP contribution in [-0.4, -0.2) is 15.0 Å². The Hall–Kier alpha value is -3.12. The molecule has 2 heterocycles. The Morgan fingerprint density at radius 1 is 0.636 bits per heavy atom. The van der Waals surface area contributed by atoms with Crippen LogP contribution in [0.2, 0.25) is 5.02 Å². The van der Waals surface area contributed by atoms with Crippen LogP contribution in [-0.2, 0) is 0 Å². The Kier molecular flexibility index (Phi) is 5.18. The van der Waals surface area contributed by atoms with E-state index in [1.165, 1.54) is 10.8 Å². The van der Waals surface area contributed by atoms with Gasteiger partial charge >= 0.3 is 0 Å². The van der Waals surface area contributed by atoms with Crippen LogP contribution in [0.3, 0.4) is 0 Å². The van der Waals surface area contributed by atoms with E-state index in [4.69, 9.17) is 26.6 Å². The summed E-state index contributed by atoms with van der Waals surface area (Å²) < 4.78 is 3.30. The minimum atomic E-state index is 0.646. The van der Waals surface area contributed by atoms with E-state index in [1.807, 2.05) is 66.7 Å². The van der Waals surface area contributed by atoms with Crippen LogP contribution in [0.4, 0.5) is 0 Å². The molecule has 33 heavy (non-hydrogen) atoms. The summed E-state index contributed by atoms with van der Waals surface area (Å²) in [6.07, 6.45) is 0. The van der Waals surface area contributed by atoms with Gasteiger partial charge in [-0.15, -0.1) is 11.3 Å². The molecule has 0 unspecified atom stereocenters. The molecule has 0 spiro atoms. The highest BCUT2D eigenvalue weighted by atomic mass is 79.9. The Labute approximate surface area is 207 Å². The van der Waals surface area contributed by atoms with Crippen molar-refractivity contribution in [1.82, 2.24) is 15.0 Å². The van der Waals surface area contributed by atoms with Crippen molar-refractivity contribution in [2.75, 3.05) is 0 Å². The molecule has 6 aromatic rings. The van der Waals surface area contributed by atoms with E-state index in [-0.39, 0.29) is 0 Å². The van der Waals surface area contributed by atoms with Gasteiger partial charge in [-0.25, -0.2) is 15.0 Å². The maximum Gasteiger partial charge on any atom is 0.165 e. The van der Waals surface area contributed by atoms with Crippen molar-refractivity contribution in [2.45, 2.75) is 0 Å². The Morgan fingerprint density at radius 2 is 1.33 bits per heavy atom. The zero-order valence-corrected chi connectivity index (χ0v) is 20.3. The van der Waals surface area contributed by atoms with Gasteiger partial charge in [-0.3, -0.25) is 0 Å². The molecule has 0 bridgehead atoms. The molecule has 6 heteroatoms. The molecule has 0 radical (unpaired) electrons. The van der Waals surface area contributed by atoms with Crippen LogP contribution in [0.1, 0.15) is 0 Å². The van der Waals surface area contributed by atoms with E-state index in [9.17, 15) is 0 Å². The molecular formula is C27H15BrClN3S. The first-order valence-electron chi connectivity index (χ1n) is 10.3. The van der Waals surface area contributed by atoms with E-state index >= 15 is 0 Å². The second-order valence-electron chi connectivity index (χ2n) is 7.60. The molecule has 6 rings (SSSR count). The number of aromatic nitrogens is 3. The average molecular weight is 529 g/mol. The first kappa shape index (κ1) is 20.5. The number of hydrogen-bond donors (Lipinski definition) is 0. The van der Waals surface area contributed by atoms with Gasteiger partial charge in [-0.1, -0.05) is 88.2 Å². The lowest BCUT2D eigenvalue weighted by Gasteiger charge is -2.09. The normalized spacial score (nSPS) is 11.3. The minimum absolute atomic E-state index is 0.646. The third-order valence-electron chi connectivity index (χ3n) is 5.47. The Balaban J connectivity index is 1.62. The van der Waals surface area contributed by atoms with Crippen LogP contribution in [0.5, 0.6) is 0 Å². The summed E-state index contributed by atoms with van der Waals surface area (Å²) in [5.74, 6) is 1.96. The lowest BCUT2D eigenvalue weighted by molar-refractivity contribution is 1.08. The molecule has 0 aliphatic heterocycles. The number of rotatable bonds is 3. The molecule has 158 valence electrons. The fourth-order valence-electron chi connectivity index (χ4n) is 3.89. The van der Waals surface area contributed by atoms with Gasteiger partial charge < -0.3 is 0 Å². The molecule has 0 atom stereocenters. The molecule has 0 aliphatic rings. The van der Waals surface area contributed by atoms with Crippen LogP contribution >= 0.6 is 38.9 Å². The van der Waals surface area contributed by atoms with Crippen LogP contribution in [0.15, 0.2) is 95.5 Å². The number of halogens is 2. The smallest absolute Gasteiger partial charge is 0.165 e. The average Bonchev–Trinajstić information content (AvgIpc) is 3.22. The fourth-order valence-corrected chi connectivity index (χ4v) is 5.64. The van der Waals surface area contributed by atoms with Gasteiger partial charge in [0, 0.05) is 46.4 Å². The van der Waals surface area contributed by atoms with Gasteiger partial charge in [0.05, 0.1) is 0 Å². The zero-order chi connectivity index (χ0) is 22.4. The summed E-state index contributed by atoms with van der Waals surface area (Å²) in [6, 6.07) is 30.4. The van der Waals surface area contributed by atoms with Gasteiger partial charge in [0.2, 0.25) is 0 Å². The highest BCUT2D eigenvalue weighted by Gasteiger charge is 2.16. The van der Waals surface area contributed by atoms with Gasteiger partial charge in [-0.05, 0) is 30.3 Å². The highest BCUT2D eigenvalue weighted by molar-refractivity contribution is 9.10. The van der Waals surface area contributed by atoms with Crippen LogP contribution in [0, 0.1) is 0 Å². The monoisotopic (exact) mass is 527 g/mol. The molecule has 2 aromatic heterocycles. The molecule has 4 aromatic carbocycles. The van der Waals surface area contributed by atoms with Crippen molar-refractivity contribution in [3.05, 3.63) is 100 Å². The summed E-state index contributed by atoms with van der Waals surface area (Å²) in [7, 11) is 0. The Bertz CT molecular complexity index is 1630. The van der Waals surface area contributed by atoms with Crippen LogP contribution in [0.25, 0.3) is 54.3 Å². The quantitative estimate of drug-likeness (QED) is 0.231. The number of fused-ring (bicyclic) bond motifs is 3. The third-order valence-corrected chi connectivity index (χ3v) is 7.44. The molecule has 0 amide bonds. The largest absolute Gasteiger partial charge is 0.208 e. The predicted octanol–water partition coefficient (Wildman–Crippen LogP) is 8.66. The first-order chi connectivity index (χ1) is 16.2. The van der Waals surface area contributed by atoms with E-state index in [2.05, 4.69) is 40.2 Å². The SMILES string of the molecule is Clc1ccc2c(c1)sc1c(-c3nc(-c4ccccc4)nc(-c4ccc(Br)cc4)n3)cccc12. The summed E-state index contributed by atoms with van der Waals surface area (Å²) in [6.45, 7) is 0. The molecule has 0 N–H and O–H groups in total. The number of nitrogens with zero attached hydrogens (tertiary/aromatic N) is 3. The standard InChI is InChI=1S/C27H15BrClN3S/c28-18-11-9-17(10-12-18)26-30-25(16-5-2-1-3-6-16)31-27(32-26)22-8-4-7-21-20-14-13-19(29)15-23(20)33-24(21)22/h1-15H. The summed E-state index contributed by atoms with van der Waals surface area (Å²) >= 11 is 11.5. The molecule has 0 fully saturated rings. The minimum Gasteiger partial charge on any atom is -0.208 e. The number of thiophene rings is 1. The topological polar surface area (TPSA) is 38.7 Å². The van der Waals surface area contributed by atoms with E-state index in [0.717, 1.165) is 35.6 Å². The predicted molar refractivity (Wildman–Crippen MR) is 142 cm³/mol. The van der Waals surface area contributed by atoms with Crippen molar-refractivity contribution in [3.8, 4) is 34.2 Å². The molecular weight excluding hydrogens is 514 g/mol. The first-order valence-corrected chi connectivity index (χ1v) is 12.3. The second-order valence-corrected chi connectivity index (χ2v) is 10.0.